The number of nitrogens with zero attached hydrogens (tertiary/aromatic N) is 6. The summed E-state index contributed by atoms with van der Waals surface area (Å²) in [5, 5.41) is 8.72. The van der Waals surface area contributed by atoms with Gasteiger partial charge in [0.15, 0.2) is 5.65 Å². The molecule has 0 spiro atoms. The van der Waals surface area contributed by atoms with Gasteiger partial charge in [0.1, 0.15) is 5.82 Å². The number of anilines is 4. The molecule has 3 heterocycles. The Morgan fingerprint density at radius 1 is 0.793 bits per heavy atom. The number of hydrogen-bond acceptors (Lipinski definition) is 6. The summed E-state index contributed by atoms with van der Waals surface area (Å²) in [5.74, 6) is 1.53. The van der Waals surface area contributed by atoms with Crippen LogP contribution in [0.5, 0.6) is 0 Å². The SMILES string of the molecule is Cn1ncc2c(N3CCN(c4ccccc4)CC3)nc(Nc3ccccc3)nc21. The Balaban J connectivity index is 1.43. The summed E-state index contributed by atoms with van der Waals surface area (Å²) >= 11 is 0. The van der Waals surface area contributed by atoms with Crippen molar-refractivity contribution in [2.75, 3.05) is 41.3 Å². The molecule has 0 aliphatic carbocycles. The first-order valence-electron chi connectivity index (χ1n) is 9.85. The van der Waals surface area contributed by atoms with E-state index in [4.69, 9.17) is 4.98 Å². The number of aryl methyl sites for hydroxylation is 1. The van der Waals surface area contributed by atoms with E-state index >= 15 is 0 Å². The van der Waals surface area contributed by atoms with Crippen molar-refractivity contribution in [3.63, 3.8) is 0 Å². The van der Waals surface area contributed by atoms with E-state index in [1.807, 2.05) is 43.6 Å². The Bertz CT molecular complexity index is 1100. The van der Waals surface area contributed by atoms with Gasteiger partial charge in [0.25, 0.3) is 0 Å². The van der Waals surface area contributed by atoms with Crippen molar-refractivity contribution in [2.24, 2.45) is 7.05 Å². The second-order valence-corrected chi connectivity index (χ2v) is 7.18. The number of aromatic nitrogens is 4. The van der Waals surface area contributed by atoms with Gasteiger partial charge < -0.3 is 15.1 Å². The highest BCUT2D eigenvalue weighted by Gasteiger charge is 2.22. The van der Waals surface area contributed by atoms with E-state index in [1.165, 1.54) is 5.69 Å². The maximum Gasteiger partial charge on any atom is 0.231 e. The quantitative estimate of drug-likeness (QED) is 0.581. The number of nitrogens with one attached hydrogen (secondary N) is 1. The highest BCUT2D eigenvalue weighted by Crippen LogP contribution is 2.28. The summed E-state index contributed by atoms with van der Waals surface area (Å²) in [6, 6.07) is 20.6. The monoisotopic (exact) mass is 385 g/mol. The molecular formula is C22H23N7. The molecular weight excluding hydrogens is 362 g/mol. The summed E-state index contributed by atoms with van der Waals surface area (Å²) < 4.78 is 1.80. The van der Waals surface area contributed by atoms with Gasteiger partial charge in [-0.2, -0.15) is 15.1 Å². The normalized spacial score (nSPS) is 14.4. The fourth-order valence-corrected chi connectivity index (χ4v) is 3.77. The van der Waals surface area contributed by atoms with Crippen molar-refractivity contribution in [1.29, 1.82) is 0 Å². The number of rotatable bonds is 4. The summed E-state index contributed by atoms with van der Waals surface area (Å²) in [5.41, 5.74) is 3.07. The topological polar surface area (TPSA) is 62.1 Å². The van der Waals surface area contributed by atoms with Gasteiger partial charge in [-0.05, 0) is 24.3 Å². The Morgan fingerprint density at radius 3 is 2.17 bits per heavy atom. The van der Waals surface area contributed by atoms with Gasteiger partial charge in [-0.1, -0.05) is 36.4 Å². The molecule has 0 atom stereocenters. The minimum absolute atomic E-state index is 0.591. The van der Waals surface area contributed by atoms with Crippen LogP contribution in [0.2, 0.25) is 0 Å². The van der Waals surface area contributed by atoms with Crippen LogP contribution in [0.4, 0.5) is 23.1 Å². The molecule has 1 fully saturated rings. The van der Waals surface area contributed by atoms with Crippen LogP contribution >= 0.6 is 0 Å². The molecule has 7 nitrogen and oxygen atoms in total. The summed E-state index contributed by atoms with van der Waals surface area (Å²) in [6.45, 7) is 3.72. The van der Waals surface area contributed by atoms with Crippen LogP contribution in [0.3, 0.4) is 0 Å². The fourth-order valence-electron chi connectivity index (χ4n) is 3.77. The maximum absolute atomic E-state index is 4.86. The van der Waals surface area contributed by atoms with Crippen molar-refractivity contribution in [3.8, 4) is 0 Å². The third-order valence-corrected chi connectivity index (χ3v) is 5.30. The molecule has 1 N–H and O–H groups in total. The number of hydrogen-bond donors (Lipinski definition) is 1. The van der Waals surface area contributed by atoms with Crippen molar-refractivity contribution >= 4 is 34.2 Å². The molecule has 0 radical (unpaired) electrons. The first kappa shape index (κ1) is 17.5. The molecule has 1 aliphatic heterocycles. The molecule has 1 aliphatic rings. The van der Waals surface area contributed by atoms with E-state index in [1.54, 1.807) is 4.68 Å². The third kappa shape index (κ3) is 3.47. The van der Waals surface area contributed by atoms with Crippen molar-refractivity contribution < 1.29 is 0 Å². The van der Waals surface area contributed by atoms with Crippen LogP contribution in [0.15, 0.2) is 66.9 Å². The minimum Gasteiger partial charge on any atom is -0.368 e. The molecule has 2 aromatic heterocycles. The lowest BCUT2D eigenvalue weighted by Crippen LogP contribution is -2.47. The fraction of sp³-hybridized carbons (Fsp3) is 0.227. The second-order valence-electron chi connectivity index (χ2n) is 7.18. The van der Waals surface area contributed by atoms with Crippen LogP contribution in [-0.4, -0.2) is 45.9 Å². The average Bonchev–Trinajstić information content (AvgIpc) is 3.15. The summed E-state index contributed by atoms with van der Waals surface area (Å²) in [7, 11) is 1.92. The first-order chi connectivity index (χ1) is 14.3. The zero-order valence-electron chi connectivity index (χ0n) is 16.4. The molecule has 146 valence electrons. The minimum atomic E-state index is 0.591. The van der Waals surface area contributed by atoms with Crippen LogP contribution in [0.25, 0.3) is 11.0 Å². The summed E-state index contributed by atoms with van der Waals surface area (Å²) in [4.78, 5) is 14.3. The first-order valence-corrected chi connectivity index (χ1v) is 9.85. The van der Waals surface area contributed by atoms with Crippen molar-refractivity contribution in [2.45, 2.75) is 0 Å². The van der Waals surface area contributed by atoms with Gasteiger partial charge in [0, 0.05) is 44.6 Å². The van der Waals surface area contributed by atoms with Gasteiger partial charge in [-0.25, -0.2) is 0 Å². The van der Waals surface area contributed by atoms with E-state index < -0.39 is 0 Å². The molecule has 4 aromatic rings. The molecule has 0 bridgehead atoms. The Kier molecular flexibility index (Phi) is 4.48. The maximum atomic E-state index is 4.86. The summed E-state index contributed by atoms with van der Waals surface area (Å²) in [6.07, 6.45) is 1.86. The Hall–Kier alpha value is -3.61. The Morgan fingerprint density at radius 2 is 1.45 bits per heavy atom. The highest BCUT2D eigenvalue weighted by atomic mass is 15.3. The van der Waals surface area contributed by atoms with Crippen molar-refractivity contribution in [1.82, 2.24) is 19.7 Å². The van der Waals surface area contributed by atoms with E-state index in [2.05, 4.69) is 55.5 Å². The van der Waals surface area contributed by atoms with Gasteiger partial charge in [0.05, 0.1) is 11.6 Å². The van der Waals surface area contributed by atoms with Crippen LogP contribution < -0.4 is 15.1 Å². The molecule has 0 saturated carbocycles. The number of benzene rings is 2. The van der Waals surface area contributed by atoms with Crippen molar-refractivity contribution in [3.05, 3.63) is 66.9 Å². The van der Waals surface area contributed by atoms with Crippen LogP contribution in [-0.2, 0) is 7.05 Å². The van der Waals surface area contributed by atoms with Crippen LogP contribution in [0.1, 0.15) is 0 Å². The molecule has 7 heteroatoms. The lowest BCUT2D eigenvalue weighted by atomic mass is 10.2. The van der Waals surface area contributed by atoms with E-state index in [0.717, 1.165) is 48.7 Å². The van der Waals surface area contributed by atoms with E-state index in [9.17, 15) is 0 Å². The lowest BCUT2D eigenvalue weighted by Gasteiger charge is -2.37. The number of piperazine rings is 1. The second kappa shape index (κ2) is 7.43. The molecule has 1 saturated heterocycles. The Labute approximate surface area is 169 Å². The van der Waals surface area contributed by atoms with Gasteiger partial charge in [-0.3, -0.25) is 4.68 Å². The standard InChI is InChI=1S/C22H23N7/c1-27-20-19(16-23-27)21(26-22(25-20)24-17-8-4-2-5-9-17)29-14-12-28(13-15-29)18-10-6-3-7-11-18/h2-11,16H,12-15H2,1H3,(H,24,25,26). The highest BCUT2D eigenvalue weighted by molar-refractivity contribution is 5.88. The smallest absolute Gasteiger partial charge is 0.231 e. The molecule has 0 unspecified atom stereocenters. The number of fused-ring (bicyclic) bond motifs is 1. The predicted molar refractivity (Wildman–Crippen MR) is 117 cm³/mol. The van der Waals surface area contributed by atoms with Gasteiger partial charge >= 0.3 is 0 Å². The zero-order valence-corrected chi connectivity index (χ0v) is 16.4. The molecule has 29 heavy (non-hydrogen) atoms. The van der Waals surface area contributed by atoms with E-state index in [0.29, 0.717) is 5.95 Å². The number of para-hydroxylation sites is 2. The van der Waals surface area contributed by atoms with Crippen LogP contribution in [0, 0.1) is 0 Å². The molecule has 0 amide bonds. The third-order valence-electron chi connectivity index (χ3n) is 5.30. The van der Waals surface area contributed by atoms with Gasteiger partial charge in [-0.15, -0.1) is 0 Å². The lowest BCUT2D eigenvalue weighted by molar-refractivity contribution is 0.649. The van der Waals surface area contributed by atoms with Gasteiger partial charge in [0.2, 0.25) is 5.95 Å². The zero-order chi connectivity index (χ0) is 19.6. The average molecular weight is 385 g/mol. The van der Waals surface area contributed by atoms with E-state index in [-0.39, 0.29) is 0 Å². The molecule has 5 rings (SSSR count). The molecule has 2 aromatic carbocycles. The largest absolute Gasteiger partial charge is 0.368 e. The predicted octanol–water partition coefficient (Wildman–Crippen LogP) is 3.43.